The van der Waals surface area contributed by atoms with E-state index in [0.29, 0.717) is 0 Å². The molecule has 0 spiro atoms. The molecule has 1 N–H and O–H groups in total. The topological polar surface area (TPSA) is 20.2 Å². The van der Waals surface area contributed by atoms with Gasteiger partial charge < -0.3 is 5.11 Å². The smallest absolute Gasteiger partial charge is 0.0574 e. The van der Waals surface area contributed by atoms with E-state index in [1.807, 2.05) is 0 Å². The summed E-state index contributed by atoms with van der Waals surface area (Å²) in [5.41, 5.74) is 0. The number of aliphatic hydroxyl groups is 1. The zero-order valence-electron chi connectivity index (χ0n) is 6.87. The summed E-state index contributed by atoms with van der Waals surface area (Å²) in [6.07, 6.45) is 6.84. The van der Waals surface area contributed by atoms with Crippen LogP contribution in [0.2, 0.25) is 0 Å². The van der Waals surface area contributed by atoms with Crippen LogP contribution in [-0.4, -0.2) is 11.2 Å². The number of aliphatic hydroxyl groups excluding tert-OH is 1. The predicted molar refractivity (Wildman–Crippen MR) is 43.1 cm³/mol. The molecule has 0 aromatic heterocycles. The van der Waals surface area contributed by atoms with Gasteiger partial charge in [0.15, 0.2) is 0 Å². The summed E-state index contributed by atoms with van der Waals surface area (Å²) in [4.78, 5) is 0. The SMILES string of the molecule is OC1CCC2C3CCCC3C12. The molecule has 3 saturated carbocycles. The molecule has 3 aliphatic carbocycles. The van der Waals surface area contributed by atoms with Gasteiger partial charge in [-0.25, -0.2) is 0 Å². The monoisotopic (exact) mass is 152 g/mol. The molecule has 3 aliphatic rings. The lowest BCUT2D eigenvalue weighted by Crippen LogP contribution is -2.44. The van der Waals surface area contributed by atoms with E-state index in [-0.39, 0.29) is 6.10 Å². The van der Waals surface area contributed by atoms with E-state index in [9.17, 15) is 5.11 Å². The Morgan fingerprint density at radius 1 is 0.818 bits per heavy atom. The Morgan fingerprint density at radius 3 is 2.45 bits per heavy atom. The van der Waals surface area contributed by atoms with Crippen molar-refractivity contribution in [3.05, 3.63) is 0 Å². The summed E-state index contributed by atoms with van der Waals surface area (Å²) in [7, 11) is 0. The zero-order valence-corrected chi connectivity index (χ0v) is 6.87. The van der Waals surface area contributed by atoms with E-state index < -0.39 is 0 Å². The molecule has 3 rings (SSSR count). The van der Waals surface area contributed by atoms with Crippen molar-refractivity contribution in [3.63, 3.8) is 0 Å². The maximum absolute atomic E-state index is 9.67. The van der Waals surface area contributed by atoms with Gasteiger partial charge in [0.05, 0.1) is 6.10 Å². The first kappa shape index (κ1) is 6.47. The first-order chi connectivity index (χ1) is 5.38. The van der Waals surface area contributed by atoms with Crippen LogP contribution in [-0.2, 0) is 0 Å². The van der Waals surface area contributed by atoms with Crippen LogP contribution in [0, 0.1) is 23.7 Å². The standard InChI is InChI=1S/C10H16O/c11-9-5-4-8-6-2-1-3-7(6)10(8)9/h6-11H,1-5H2. The Bertz CT molecular complexity index is 172. The van der Waals surface area contributed by atoms with Crippen LogP contribution in [0.5, 0.6) is 0 Å². The molecule has 0 bridgehead atoms. The average molecular weight is 152 g/mol. The minimum Gasteiger partial charge on any atom is -0.393 e. The Labute approximate surface area is 67.8 Å². The van der Waals surface area contributed by atoms with Gasteiger partial charge in [-0.1, -0.05) is 6.42 Å². The van der Waals surface area contributed by atoms with Crippen LogP contribution in [0.1, 0.15) is 32.1 Å². The van der Waals surface area contributed by atoms with Crippen LogP contribution < -0.4 is 0 Å². The minimum atomic E-state index is 0.0827. The first-order valence-electron chi connectivity index (χ1n) is 5.06. The average Bonchev–Trinajstić information content (AvgIpc) is 2.43. The molecule has 62 valence electrons. The summed E-state index contributed by atoms with van der Waals surface area (Å²) >= 11 is 0. The highest BCUT2D eigenvalue weighted by Gasteiger charge is 2.57. The Kier molecular flexibility index (Phi) is 1.18. The molecule has 0 heterocycles. The normalized spacial score (nSPS) is 60.3. The maximum Gasteiger partial charge on any atom is 0.0574 e. The van der Waals surface area contributed by atoms with Gasteiger partial charge >= 0.3 is 0 Å². The third-order valence-corrected chi connectivity index (χ3v) is 4.40. The highest BCUT2D eigenvalue weighted by atomic mass is 16.3. The molecule has 1 heteroatoms. The first-order valence-corrected chi connectivity index (χ1v) is 5.06. The van der Waals surface area contributed by atoms with E-state index in [1.165, 1.54) is 25.7 Å². The number of hydrogen-bond donors (Lipinski definition) is 1. The third-order valence-electron chi connectivity index (χ3n) is 4.40. The lowest BCUT2D eigenvalue weighted by Gasteiger charge is -2.46. The molecular formula is C10H16O. The summed E-state index contributed by atoms with van der Waals surface area (Å²) in [5.74, 6) is 3.66. The quantitative estimate of drug-likeness (QED) is 0.561. The molecule has 3 fully saturated rings. The summed E-state index contributed by atoms with van der Waals surface area (Å²) < 4.78 is 0. The van der Waals surface area contributed by atoms with E-state index in [4.69, 9.17) is 0 Å². The number of rotatable bonds is 0. The van der Waals surface area contributed by atoms with Crippen molar-refractivity contribution in [1.82, 2.24) is 0 Å². The van der Waals surface area contributed by atoms with Crippen molar-refractivity contribution in [2.45, 2.75) is 38.2 Å². The zero-order chi connectivity index (χ0) is 7.42. The molecule has 0 amide bonds. The van der Waals surface area contributed by atoms with E-state index in [1.54, 1.807) is 0 Å². The fourth-order valence-corrected chi connectivity index (χ4v) is 4.02. The summed E-state index contributed by atoms with van der Waals surface area (Å²) in [5, 5.41) is 9.67. The minimum absolute atomic E-state index is 0.0827. The highest BCUT2D eigenvalue weighted by Crippen LogP contribution is 2.61. The molecule has 0 aromatic rings. The van der Waals surface area contributed by atoms with Gasteiger partial charge in [0.1, 0.15) is 0 Å². The number of hydrogen-bond acceptors (Lipinski definition) is 1. The molecule has 0 aliphatic heterocycles. The Hall–Kier alpha value is -0.0400. The van der Waals surface area contributed by atoms with Crippen LogP contribution in [0.4, 0.5) is 0 Å². The molecule has 0 aromatic carbocycles. The fourth-order valence-electron chi connectivity index (χ4n) is 4.02. The molecule has 0 radical (unpaired) electrons. The molecule has 5 unspecified atom stereocenters. The van der Waals surface area contributed by atoms with Crippen LogP contribution in [0.3, 0.4) is 0 Å². The van der Waals surface area contributed by atoms with Crippen LogP contribution in [0.25, 0.3) is 0 Å². The van der Waals surface area contributed by atoms with E-state index >= 15 is 0 Å². The van der Waals surface area contributed by atoms with Gasteiger partial charge in [-0.05, 0) is 49.4 Å². The van der Waals surface area contributed by atoms with Gasteiger partial charge in [-0.3, -0.25) is 0 Å². The van der Waals surface area contributed by atoms with Crippen LogP contribution in [0.15, 0.2) is 0 Å². The van der Waals surface area contributed by atoms with Crippen molar-refractivity contribution in [3.8, 4) is 0 Å². The van der Waals surface area contributed by atoms with Crippen molar-refractivity contribution in [2.75, 3.05) is 0 Å². The van der Waals surface area contributed by atoms with Gasteiger partial charge in [0.25, 0.3) is 0 Å². The Morgan fingerprint density at radius 2 is 1.55 bits per heavy atom. The highest BCUT2D eigenvalue weighted by molar-refractivity contribution is 5.06. The lowest BCUT2D eigenvalue weighted by molar-refractivity contribution is -0.0358. The van der Waals surface area contributed by atoms with Gasteiger partial charge in [0.2, 0.25) is 0 Å². The van der Waals surface area contributed by atoms with Crippen molar-refractivity contribution in [2.24, 2.45) is 23.7 Å². The second-order valence-electron chi connectivity index (χ2n) is 4.64. The molecule has 5 atom stereocenters. The van der Waals surface area contributed by atoms with E-state index in [2.05, 4.69) is 0 Å². The second kappa shape index (κ2) is 2.01. The summed E-state index contributed by atoms with van der Waals surface area (Å²) in [6, 6.07) is 0. The van der Waals surface area contributed by atoms with Crippen molar-refractivity contribution < 1.29 is 5.11 Å². The third kappa shape index (κ3) is 0.658. The number of fused-ring (bicyclic) bond motifs is 4. The van der Waals surface area contributed by atoms with Crippen molar-refractivity contribution in [1.29, 1.82) is 0 Å². The van der Waals surface area contributed by atoms with Gasteiger partial charge in [-0.2, -0.15) is 0 Å². The lowest BCUT2D eigenvalue weighted by atomic mass is 9.59. The second-order valence-corrected chi connectivity index (χ2v) is 4.64. The fraction of sp³-hybridized carbons (Fsp3) is 1.00. The van der Waals surface area contributed by atoms with Gasteiger partial charge in [0, 0.05) is 0 Å². The largest absolute Gasteiger partial charge is 0.393 e. The van der Waals surface area contributed by atoms with Crippen molar-refractivity contribution >= 4 is 0 Å². The predicted octanol–water partition coefficient (Wildman–Crippen LogP) is 1.80. The van der Waals surface area contributed by atoms with E-state index in [0.717, 1.165) is 30.1 Å². The van der Waals surface area contributed by atoms with Crippen LogP contribution >= 0.6 is 0 Å². The molecule has 0 saturated heterocycles. The maximum atomic E-state index is 9.67. The molecule has 1 nitrogen and oxygen atoms in total. The summed E-state index contributed by atoms with van der Waals surface area (Å²) in [6.45, 7) is 0. The Balaban J connectivity index is 1.84. The molecule has 11 heavy (non-hydrogen) atoms. The molecular weight excluding hydrogens is 136 g/mol. The van der Waals surface area contributed by atoms with Gasteiger partial charge in [-0.15, -0.1) is 0 Å².